The van der Waals surface area contributed by atoms with E-state index in [2.05, 4.69) is 46.9 Å². The third-order valence-electron chi connectivity index (χ3n) is 4.14. The molecule has 0 unspecified atom stereocenters. The molecule has 0 aliphatic rings. The summed E-state index contributed by atoms with van der Waals surface area (Å²) >= 11 is 0. The van der Waals surface area contributed by atoms with E-state index in [9.17, 15) is 4.79 Å². The van der Waals surface area contributed by atoms with Gasteiger partial charge in [0.1, 0.15) is 0 Å². The maximum Gasteiger partial charge on any atom is 0.251 e. The second-order valence-corrected chi connectivity index (χ2v) is 6.53. The Hall–Kier alpha value is -2.88. The number of amides is 1. The highest BCUT2D eigenvalue weighted by atomic mass is 16.1. The van der Waals surface area contributed by atoms with Gasteiger partial charge in [-0.3, -0.25) is 9.78 Å². The van der Waals surface area contributed by atoms with Crippen molar-refractivity contribution in [2.45, 2.75) is 33.7 Å². The monoisotopic (exact) mass is 333 g/mol. The average Bonchev–Trinajstić information content (AvgIpc) is 2.93. The summed E-state index contributed by atoms with van der Waals surface area (Å²) in [6.45, 7) is 8.08. The number of nitrogens with zero attached hydrogens (tertiary/aromatic N) is 2. The van der Waals surface area contributed by atoms with Crippen LogP contribution in [0.3, 0.4) is 0 Å². The van der Waals surface area contributed by atoms with E-state index in [-0.39, 0.29) is 11.9 Å². The van der Waals surface area contributed by atoms with Crippen molar-refractivity contribution in [3.8, 4) is 16.9 Å². The number of hydrogen-bond donors (Lipinski definition) is 1. The molecule has 0 bridgehead atoms. The minimum atomic E-state index is -0.0557. The van der Waals surface area contributed by atoms with Crippen LogP contribution in [-0.2, 0) is 0 Å². The van der Waals surface area contributed by atoms with Crippen molar-refractivity contribution >= 4 is 5.91 Å². The maximum atomic E-state index is 12.1. The lowest BCUT2D eigenvalue weighted by Gasteiger charge is -2.14. The van der Waals surface area contributed by atoms with Crippen molar-refractivity contribution in [2.75, 3.05) is 0 Å². The van der Waals surface area contributed by atoms with Crippen LogP contribution in [0, 0.1) is 13.8 Å². The summed E-state index contributed by atoms with van der Waals surface area (Å²) in [5, 5.41) is 2.91. The number of aromatic nitrogens is 2. The fourth-order valence-electron chi connectivity index (χ4n) is 2.97. The van der Waals surface area contributed by atoms with Gasteiger partial charge in [0.15, 0.2) is 0 Å². The molecule has 3 rings (SSSR count). The summed E-state index contributed by atoms with van der Waals surface area (Å²) in [4.78, 5) is 16.7. The molecule has 4 heteroatoms. The first kappa shape index (κ1) is 17.0. The number of benzene rings is 1. The van der Waals surface area contributed by atoms with Gasteiger partial charge in [0, 0.05) is 34.8 Å². The largest absolute Gasteiger partial charge is 0.350 e. The first-order valence-corrected chi connectivity index (χ1v) is 8.49. The zero-order valence-corrected chi connectivity index (χ0v) is 15.1. The molecule has 4 nitrogen and oxygen atoms in total. The average molecular weight is 333 g/mol. The highest BCUT2D eigenvalue weighted by Gasteiger charge is 2.13. The molecule has 1 aromatic carbocycles. The Balaban J connectivity index is 2.00. The van der Waals surface area contributed by atoms with Crippen LogP contribution < -0.4 is 5.32 Å². The van der Waals surface area contributed by atoms with Gasteiger partial charge in [0.25, 0.3) is 5.91 Å². The Morgan fingerprint density at radius 3 is 2.24 bits per heavy atom. The molecule has 0 aliphatic heterocycles. The summed E-state index contributed by atoms with van der Waals surface area (Å²) in [7, 11) is 0. The molecule has 2 heterocycles. The third-order valence-corrected chi connectivity index (χ3v) is 4.14. The molecule has 0 fully saturated rings. The molecule has 0 atom stereocenters. The van der Waals surface area contributed by atoms with E-state index in [0.717, 1.165) is 16.9 Å². The predicted octanol–water partition coefficient (Wildman–Crippen LogP) is 4.29. The highest BCUT2D eigenvalue weighted by Crippen LogP contribution is 2.27. The van der Waals surface area contributed by atoms with Crippen molar-refractivity contribution in [2.24, 2.45) is 0 Å². The molecule has 25 heavy (non-hydrogen) atoms. The van der Waals surface area contributed by atoms with Crippen LogP contribution in [0.4, 0.5) is 0 Å². The van der Waals surface area contributed by atoms with Crippen LogP contribution in [0.1, 0.15) is 35.6 Å². The van der Waals surface area contributed by atoms with Crippen molar-refractivity contribution in [3.05, 3.63) is 71.7 Å². The normalized spacial score (nSPS) is 10.9. The molecule has 0 saturated carbocycles. The molecule has 3 aromatic rings. The number of pyridine rings is 1. The van der Waals surface area contributed by atoms with E-state index in [4.69, 9.17) is 0 Å². The molecule has 0 aliphatic carbocycles. The summed E-state index contributed by atoms with van der Waals surface area (Å²) in [6.07, 6.45) is 1.80. The topological polar surface area (TPSA) is 46.9 Å². The van der Waals surface area contributed by atoms with Crippen LogP contribution in [-0.4, -0.2) is 21.5 Å². The maximum absolute atomic E-state index is 12.1. The molecule has 0 spiro atoms. The van der Waals surface area contributed by atoms with E-state index in [0.29, 0.717) is 5.56 Å². The lowest BCUT2D eigenvalue weighted by molar-refractivity contribution is 0.0943. The molecule has 0 radical (unpaired) electrons. The van der Waals surface area contributed by atoms with Crippen LogP contribution in [0.15, 0.2) is 54.7 Å². The molecule has 2 aromatic heterocycles. The van der Waals surface area contributed by atoms with Crippen molar-refractivity contribution in [1.82, 2.24) is 14.9 Å². The van der Waals surface area contributed by atoms with E-state index in [1.54, 1.807) is 6.20 Å². The van der Waals surface area contributed by atoms with Gasteiger partial charge in [-0.1, -0.05) is 12.1 Å². The summed E-state index contributed by atoms with van der Waals surface area (Å²) < 4.78 is 2.20. The fraction of sp³-hybridized carbons (Fsp3) is 0.238. The molecular formula is C21H23N3O. The number of hydrogen-bond acceptors (Lipinski definition) is 2. The second-order valence-electron chi connectivity index (χ2n) is 6.53. The van der Waals surface area contributed by atoms with Crippen LogP contribution in [0.2, 0.25) is 0 Å². The van der Waals surface area contributed by atoms with Gasteiger partial charge in [-0.05, 0) is 64.1 Å². The Morgan fingerprint density at radius 1 is 1.00 bits per heavy atom. The number of nitrogens with one attached hydrogen (secondary N) is 1. The van der Waals surface area contributed by atoms with E-state index < -0.39 is 0 Å². The zero-order chi connectivity index (χ0) is 18.0. The van der Waals surface area contributed by atoms with E-state index in [1.165, 1.54) is 11.4 Å². The quantitative estimate of drug-likeness (QED) is 0.774. The van der Waals surface area contributed by atoms with Crippen molar-refractivity contribution in [1.29, 1.82) is 0 Å². The summed E-state index contributed by atoms with van der Waals surface area (Å²) in [6, 6.07) is 15.9. The molecule has 0 saturated heterocycles. The van der Waals surface area contributed by atoms with Crippen LogP contribution in [0.25, 0.3) is 16.9 Å². The van der Waals surface area contributed by atoms with Gasteiger partial charge < -0.3 is 9.88 Å². The summed E-state index contributed by atoms with van der Waals surface area (Å²) in [5.41, 5.74) is 5.93. The SMILES string of the molecule is Cc1ccc(C)n1-c1cccnc1-c1ccc(C(=O)NC(C)C)cc1. The molecule has 128 valence electrons. The van der Waals surface area contributed by atoms with Gasteiger partial charge in [0.05, 0.1) is 11.4 Å². The second kappa shape index (κ2) is 6.93. The minimum Gasteiger partial charge on any atom is -0.350 e. The van der Waals surface area contributed by atoms with E-state index >= 15 is 0 Å². The smallest absolute Gasteiger partial charge is 0.251 e. The first-order chi connectivity index (χ1) is 12.0. The summed E-state index contributed by atoms with van der Waals surface area (Å²) in [5.74, 6) is -0.0557. The first-order valence-electron chi connectivity index (χ1n) is 8.49. The van der Waals surface area contributed by atoms with Gasteiger partial charge in [0.2, 0.25) is 0 Å². The standard InChI is InChI=1S/C21H23N3O/c1-14(2)23-21(25)18-11-9-17(10-12-18)20-19(6-5-13-22-20)24-15(3)7-8-16(24)4/h5-14H,1-4H3,(H,23,25). The minimum absolute atomic E-state index is 0.0557. The van der Waals surface area contributed by atoms with Gasteiger partial charge >= 0.3 is 0 Å². The van der Waals surface area contributed by atoms with Crippen LogP contribution in [0.5, 0.6) is 0 Å². The fourth-order valence-corrected chi connectivity index (χ4v) is 2.97. The Morgan fingerprint density at radius 2 is 1.64 bits per heavy atom. The highest BCUT2D eigenvalue weighted by molar-refractivity contribution is 5.94. The Bertz CT molecular complexity index is 872. The van der Waals surface area contributed by atoms with Gasteiger partial charge in [-0.2, -0.15) is 0 Å². The zero-order valence-electron chi connectivity index (χ0n) is 15.1. The molecule has 1 N–H and O–H groups in total. The van der Waals surface area contributed by atoms with Gasteiger partial charge in [-0.25, -0.2) is 0 Å². The predicted molar refractivity (Wildman–Crippen MR) is 101 cm³/mol. The lowest BCUT2D eigenvalue weighted by Crippen LogP contribution is -2.29. The van der Waals surface area contributed by atoms with Crippen LogP contribution >= 0.6 is 0 Å². The number of carbonyl (C=O) groups excluding carboxylic acids is 1. The molecular weight excluding hydrogens is 310 g/mol. The van der Waals surface area contributed by atoms with Crippen molar-refractivity contribution < 1.29 is 4.79 Å². The number of rotatable bonds is 4. The van der Waals surface area contributed by atoms with Gasteiger partial charge in [-0.15, -0.1) is 0 Å². The Labute approximate surface area is 148 Å². The third kappa shape index (κ3) is 3.48. The van der Waals surface area contributed by atoms with Crippen molar-refractivity contribution in [3.63, 3.8) is 0 Å². The number of carbonyl (C=O) groups is 1. The Kier molecular flexibility index (Phi) is 4.70. The van der Waals surface area contributed by atoms with E-state index in [1.807, 2.05) is 44.2 Å². The lowest BCUT2D eigenvalue weighted by atomic mass is 10.1. The number of aryl methyl sites for hydroxylation is 2. The molecule has 1 amide bonds.